The van der Waals surface area contributed by atoms with Crippen LogP contribution in [0, 0.1) is 0 Å². The molecule has 8 nitrogen and oxygen atoms in total. The SMILES string of the molecule is COc1ccc(C2C(C(=O)Nc3ccccc3)=C(C)Nc3ncnn32)cc1OC. The van der Waals surface area contributed by atoms with Crippen LogP contribution in [0.3, 0.4) is 0 Å². The smallest absolute Gasteiger partial charge is 0.255 e. The molecule has 1 aliphatic heterocycles. The van der Waals surface area contributed by atoms with Gasteiger partial charge in [0.2, 0.25) is 5.95 Å². The highest BCUT2D eigenvalue weighted by molar-refractivity contribution is 6.06. The standard InChI is InChI=1S/C21H21N5O3/c1-13-18(20(27)25-15-7-5-4-6-8-15)19(26-21(24-13)22-12-23-26)14-9-10-16(28-2)17(11-14)29-3/h4-12,19H,1-3H3,(H,25,27)(H,22,23,24). The van der Waals surface area contributed by atoms with Gasteiger partial charge in [-0.15, -0.1) is 0 Å². The number of nitrogens with one attached hydrogen (secondary N) is 2. The van der Waals surface area contributed by atoms with Gasteiger partial charge < -0.3 is 20.1 Å². The van der Waals surface area contributed by atoms with Crippen LogP contribution in [-0.4, -0.2) is 34.9 Å². The summed E-state index contributed by atoms with van der Waals surface area (Å²) < 4.78 is 12.5. The maximum absolute atomic E-state index is 13.2. The number of hydrogen-bond acceptors (Lipinski definition) is 6. The molecule has 0 radical (unpaired) electrons. The third-order valence-corrected chi connectivity index (χ3v) is 4.79. The Balaban J connectivity index is 1.79. The fourth-order valence-electron chi connectivity index (χ4n) is 3.44. The number of allylic oxidation sites excluding steroid dienone is 1. The summed E-state index contributed by atoms with van der Waals surface area (Å²) in [5.74, 6) is 1.53. The summed E-state index contributed by atoms with van der Waals surface area (Å²) in [5, 5.41) is 10.5. The minimum Gasteiger partial charge on any atom is -0.493 e. The molecule has 2 N–H and O–H groups in total. The summed E-state index contributed by atoms with van der Waals surface area (Å²) in [6.45, 7) is 1.85. The Kier molecular flexibility index (Phi) is 4.90. The van der Waals surface area contributed by atoms with E-state index in [0.717, 1.165) is 5.56 Å². The molecule has 148 valence electrons. The number of hydrogen-bond donors (Lipinski definition) is 2. The van der Waals surface area contributed by atoms with E-state index in [0.29, 0.717) is 34.4 Å². The van der Waals surface area contributed by atoms with Gasteiger partial charge in [-0.1, -0.05) is 24.3 Å². The number of benzene rings is 2. The maximum atomic E-state index is 13.2. The van der Waals surface area contributed by atoms with E-state index in [1.54, 1.807) is 18.9 Å². The summed E-state index contributed by atoms with van der Waals surface area (Å²) in [5.41, 5.74) is 2.79. The summed E-state index contributed by atoms with van der Waals surface area (Å²) >= 11 is 0. The second-order valence-electron chi connectivity index (χ2n) is 6.53. The first-order chi connectivity index (χ1) is 14.1. The van der Waals surface area contributed by atoms with Gasteiger partial charge in [0.25, 0.3) is 5.91 Å². The van der Waals surface area contributed by atoms with Crippen molar-refractivity contribution in [2.24, 2.45) is 0 Å². The summed E-state index contributed by atoms with van der Waals surface area (Å²) in [7, 11) is 3.16. The van der Waals surface area contributed by atoms with E-state index in [4.69, 9.17) is 9.47 Å². The molecule has 0 saturated carbocycles. The Morgan fingerprint density at radius 3 is 2.59 bits per heavy atom. The molecule has 1 amide bonds. The Morgan fingerprint density at radius 1 is 1.10 bits per heavy atom. The third-order valence-electron chi connectivity index (χ3n) is 4.79. The summed E-state index contributed by atoms with van der Waals surface area (Å²) in [6.07, 6.45) is 1.46. The fourth-order valence-corrected chi connectivity index (χ4v) is 3.44. The zero-order valence-electron chi connectivity index (χ0n) is 16.3. The van der Waals surface area contributed by atoms with Crippen LogP contribution in [0.4, 0.5) is 11.6 Å². The van der Waals surface area contributed by atoms with Crippen molar-refractivity contribution in [1.82, 2.24) is 14.8 Å². The molecule has 0 fully saturated rings. The molecular formula is C21H21N5O3. The molecule has 4 rings (SSSR count). The maximum Gasteiger partial charge on any atom is 0.255 e. The molecule has 2 heterocycles. The number of amides is 1. The van der Waals surface area contributed by atoms with Crippen LogP contribution in [0.1, 0.15) is 18.5 Å². The number of carbonyl (C=O) groups is 1. The van der Waals surface area contributed by atoms with Crippen molar-refractivity contribution in [3.05, 3.63) is 71.7 Å². The van der Waals surface area contributed by atoms with Crippen molar-refractivity contribution in [2.75, 3.05) is 24.9 Å². The normalized spacial score (nSPS) is 15.3. The highest BCUT2D eigenvalue weighted by atomic mass is 16.5. The molecule has 3 aromatic rings. The van der Waals surface area contributed by atoms with Gasteiger partial charge >= 0.3 is 0 Å². The van der Waals surface area contributed by atoms with Crippen LogP contribution in [0.15, 0.2) is 66.1 Å². The van der Waals surface area contributed by atoms with Gasteiger partial charge in [0.1, 0.15) is 12.4 Å². The molecule has 1 unspecified atom stereocenters. The minimum absolute atomic E-state index is 0.220. The van der Waals surface area contributed by atoms with E-state index >= 15 is 0 Å². The number of methoxy groups -OCH3 is 2. The lowest BCUT2D eigenvalue weighted by molar-refractivity contribution is -0.113. The number of ether oxygens (including phenoxy) is 2. The van der Waals surface area contributed by atoms with Crippen LogP contribution in [0.25, 0.3) is 0 Å². The number of aromatic nitrogens is 3. The molecule has 8 heteroatoms. The lowest BCUT2D eigenvalue weighted by atomic mass is 9.94. The van der Waals surface area contributed by atoms with Crippen LogP contribution >= 0.6 is 0 Å². The molecule has 0 spiro atoms. The van der Waals surface area contributed by atoms with E-state index in [1.807, 2.05) is 55.5 Å². The van der Waals surface area contributed by atoms with Crippen molar-refractivity contribution >= 4 is 17.5 Å². The van der Waals surface area contributed by atoms with Gasteiger partial charge in [-0.05, 0) is 36.8 Å². The van der Waals surface area contributed by atoms with Crippen LogP contribution in [0.5, 0.6) is 11.5 Å². The molecule has 1 aliphatic rings. The number of nitrogens with zero attached hydrogens (tertiary/aromatic N) is 3. The molecule has 1 aromatic heterocycles. The van der Waals surface area contributed by atoms with Gasteiger partial charge in [0.15, 0.2) is 11.5 Å². The molecule has 0 bridgehead atoms. The first kappa shape index (κ1) is 18.5. The van der Waals surface area contributed by atoms with Gasteiger partial charge in [0, 0.05) is 11.4 Å². The Labute approximate surface area is 168 Å². The Morgan fingerprint density at radius 2 is 1.86 bits per heavy atom. The van der Waals surface area contributed by atoms with Gasteiger partial charge in [0.05, 0.1) is 19.8 Å². The molecule has 0 saturated heterocycles. The van der Waals surface area contributed by atoms with E-state index in [9.17, 15) is 4.79 Å². The Bertz CT molecular complexity index is 1070. The second-order valence-corrected chi connectivity index (χ2v) is 6.53. The monoisotopic (exact) mass is 391 g/mol. The molecule has 0 aliphatic carbocycles. The number of carbonyl (C=O) groups excluding carboxylic acids is 1. The summed E-state index contributed by atoms with van der Waals surface area (Å²) in [6, 6.07) is 14.4. The van der Waals surface area contributed by atoms with Gasteiger partial charge in [-0.2, -0.15) is 10.1 Å². The molecule has 2 aromatic carbocycles. The number of para-hydroxylation sites is 1. The average Bonchev–Trinajstić information content (AvgIpc) is 3.20. The lowest BCUT2D eigenvalue weighted by Gasteiger charge is -2.29. The summed E-state index contributed by atoms with van der Waals surface area (Å²) in [4.78, 5) is 17.5. The first-order valence-corrected chi connectivity index (χ1v) is 9.08. The van der Waals surface area contributed by atoms with Crippen LogP contribution in [-0.2, 0) is 4.79 Å². The zero-order chi connectivity index (χ0) is 20.4. The van der Waals surface area contributed by atoms with Crippen LogP contribution < -0.4 is 20.1 Å². The van der Waals surface area contributed by atoms with Gasteiger partial charge in [-0.3, -0.25) is 4.79 Å². The largest absolute Gasteiger partial charge is 0.493 e. The Hall–Kier alpha value is -3.81. The van der Waals surface area contributed by atoms with Crippen molar-refractivity contribution in [3.8, 4) is 11.5 Å². The van der Waals surface area contributed by atoms with Crippen molar-refractivity contribution in [2.45, 2.75) is 13.0 Å². The van der Waals surface area contributed by atoms with Crippen molar-refractivity contribution in [1.29, 1.82) is 0 Å². The predicted octanol–water partition coefficient (Wildman–Crippen LogP) is 3.22. The van der Waals surface area contributed by atoms with E-state index in [1.165, 1.54) is 6.33 Å². The number of fused-ring (bicyclic) bond motifs is 1. The first-order valence-electron chi connectivity index (χ1n) is 9.08. The molecule has 1 atom stereocenters. The van der Waals surface area contributed by atoms with Crippen molar-refractivity contribution in [3.63, 3.8) is 0 Å². The van der Waals surface area contributed by atoms with Gasteiger partial charge in [-0.25, -0.2) is 4.68 Å². The zero-order valence-corrected chi connectivity index (χ0v) is 16.3. The number of rotatable bonds is 5. The van der Waals surface area contributed by atoms with E-state index in [2.05, 4.69) is 20.7 Å². The molecular weight excluding hydrogens is 370 g/mol. The topological polar surface area (TPSA) is 90.3 Å². The fraction of sp³-hybridized carbons (Fsp3) is 0.190. The van der Waals surface area contributed by atoms with Crippen LogP contribution in [0.2, 0.25) is 0 Å². The minimum atomic E-state index is -0.475. The average molecular weight is 391 g/mol. The quantitative estimate of drug-likeness (QED) is 0.694. The van der Waals surface area contributed by atoms with E-state index in [-0.39, 0.29) is 5.91 Å². The molecule has 29 heavy (non-hydrogen) atoms. The highest BCUT2D eigenvalue weighted by Gasteiger charge is 2.34. The number of anilines is 2. The second kappa shape index (κ2) is 7.67. The lowest BCUT2D eigenvalue weighted by Crippen LogP contribution is -2.31. The van der Waals surface area contributed by atoms with Crippen molar-refractivity contribution < 1.29 is 14.3 Å². The van der Waals surface area contributed by atoms with E-state index < -0.39 is 6.04 Å². The predicted molar refractivity (Wildman–Crippen MR) is 109 cm³/mol. The third kappa shape index (κ3) is 3.40. The highest BCUT2D eigenvalue weighted by Crippen LogP contribution is 2.38.